The van der Waals surface area contributed by atoms with Gasteiger partial charge in [0.15, 0.2) is 0 Å². The Labute approximate surface area is 111 Å². The molecule has 108 valence electrons. The van der Waals surface area contributed by atoms with Gasteiger partial charge >= 0.3 is 12.0 Å². The van der Waals surface area contributed by atoms with Gasteiger partial charge in [0.2, 0.25) is 5.91 Å². The molecule has 0 aliphatic carbocycles. The Balaban J connectivity index is 2.27. The van der Waals surface area contributed by atoms with Crippen LogP contribution in [0.3, 0.4) is 0 Å². The van der Waals surface area contributed by atoms with Gasteiger partial charge in [-0.2, -0.15) is 0 Å². The van der Waals surface area contributed by atoms with Crippen LogP contribution in [0.2, 0.25) is 0 Å². The van der Waals surface area contributed by atoms with E-state index in [4.69, 9.17) is 9.84 Å². The summed E-state index contributed by atoms with van der Waals surface area (Å²) in [7, 11) is 0. The first-order valence-electron chi connectivity index (χ1n) is 6.32. The van der Waals surface area contributed by atoms with Crippen molar-refractivity contribution in [1.82, 2.24) is 10.6 Å². The largest absolute Gasteiger partial charge is 0.481 e. The van der Waals surface area contributed by atoms with Crippen LogP contribution in [0, 0.1) is 5.92 Å². The van der Waals surface area contributed by atoms with Crippen LogP contribution in [-0.4, -0.2) is 41.8 Å². The maximum atomic E-state index is 11.5. The lowest BCUT2D eigenvalue weighted by Gasteiger charge is -2.16. The molecule has 0 aromatic rings. The van der Waals surface area contributed by atoms with Crippen LogP contribution in [0.4, 0.5) is 4.79 Å². The lowest BCUT2D eigenvalue weighted by Crippen LogP contribution is -2.47. The first-order chi connectivity index (χ1) is 8.88. The van der Waals surface area contributed by atoms with E-state index in [9.17, 15) is 14.4 Å². The second-order valence-corrected chi connectivity index (χ2v) is 4.90. The lowest BCUT2D eigenvalue weighted by atomic mass is 10.0. The highest BCUT2D eigenvalue weighted by atomic mass is 16.5. The zero-order chi connectivity index (χ0) is 14.4. The number of rotatable bonds is 5. The highest BCUT2D eigenvalue weighted by Crippen LogP contribution is 2.12. The van der Waals surface area contributed by atoms with Crippen molar-refractivity contribution in [3.05, 3.63) is 0 Å². The molecule has 1 fully saturated rings. The molecule has 1 aliphatic rings. The first kappa shape index (κ1) is 15.4. The number of carbonyl (C=O) groups is 3. The molecule has 1 saturated heterocycles. The Bertz CT molecular complexity index is 358. The molecule has 0 aromatic heterocycles. The minimum Gasteiger partial charge on any atom is -0.481 e. The molecular formula is C12H20N2O5. The summed E-state index contributed by atoms with van der Waals surface area (Å²) in [5.41, 5.74) is 0. The molecule has 0 bridgehead atoms. The van der Waals surface area contributed by atoms with Gasteiger partial charge in [0, 0.05) is 19.4 Å². The monoisotopic (exact) mass is 272 g/mol. The summed E-state index contributed by atoms with van der Waals surface area (Å²) in [6.07, 6.45) is 0.573. The van der Waals surface area contributed by atoms with Crippen LogP contribution in [0.25, 0.3) is 0 Å². The maximum Gasteiger partial charge on any atom is 0.321 e. The molecule has 19 heavy (non-hydrogen) atoms. The number of urea groups is 1. The second-order valence-electron chi connectivity index (χ2n) is 4.90. The summed E-state index contributed by atoms with van der Waals surface area (Å²) >= 11 is 0. The average molecular weight is 272 g/mol. The smallest absolute Gasteiger partial charge is 0.321 e. The predicted molar refractivity (Wildman–Crippen MR) is 66.5 cm³/mol. The number of imide groups is 1. The molecule has 0 aromatic carbocycles. The fraction of sp³-hybridized carbons (Fsp3) is 0.750. The SMILES string of the molecule is CC(CC(=O)O)CC(=O)NC(=O)NC1CCOC1C. The van der Waals surface area contributed by atoms with Crippen molar-refractivity contribution in [3.63, 3.8) is 0 Å². The number of amides is 3. The summed E-state index contributed by atoms with van der Waals surface area (Å²) in [6.45, 7) is 4.10. The average Bonchev–Trinajstić information content (AvgIpc) is 2.62. The van der Waals surface area contributed by atoms with Crippen molar-refractivity contribution in [2.24, 2.45) is 5.92 Å². The quantitative estimate of drug-likeness (QED) is 0.675. The second kappa shape index (κ2) is 7.08. The highest BCUT2D eigenvalue weighted by Gasteiger charge is 2.26. The summed E-state index contributed by atoms with van der Waals surface area (Å²) < 4.78 is 5.29. The molecule has 3 N–H and O–H groups in total. The molecule has 0 spiro atoms. The van der Waals surface area contributed by atoms with Crippen molar-refractivity contribution < 1.29 is 24.2 Å². The zero-order valence-electron chi connectivity index (χ0n) is 11.1. The van der Waals surface area contributed by atoms with Crippen LogP contribution in [0.15, 0.2) is 0 Å². The molecule has 3 unspecified atom stereocenters. The number of nitrogens with one attached hydrogen (secondary N) is 2. The van der Waals surface area contributed by atoms with Crippen LogP contribution >= 0.6 is 0 Å². The van der Waals surface area contributed by atoms with Gasteiger partial charge < -0.3 is 15.2 Å². The Morgan fingerprint density at radius 2 is 2.05 bits per heavy atom. The molecule has 7 heteroatoms. The van der Waals surface area contributed by atoms with Crippen LogP contribution < -0.4 is 10.6 Å². The van der Waals surface area contributed by atoms with Crippen LogP contribution in [0.1, 0.15) is 33.1 Å². The molecule has 3 atom stereocenters. The van der Waals surface area contributed by atoms with Gasteiger partial charge in [-0.15, -0.1) is 0 Å². The Morgan fingerprint density at radius 3 is 2.58 bits per heavy atom. The molecule has 1 rings (SSSR count). The van der Waals surface area contributed by atoms with E-state index in [1.54, 1.807) is 6.92 Å². The van der Waals surface area contributed by atoms with Crippen LogP contribution in [-0.2, 0) is 14.3 Å². The number of carboxylic acid groups (broad SMARTS) is 1. The van der Waals surface area contributed by atoms with Gasteiger partial charge in [0.05, 0.1) is 12.1 Å². The van der Waals surface area contributed by atoms with E-state index in [1.807, 2.05) is 6.92 Å². The van der Waals surface area contributed by atoms with E-state index < -0.39 is 17.9 Å². The standard InChI is InChI=1S/C12H20N2O5/c1-7(6-11(16)17)5-10(15)14-12(18)13-9-3-4-19-8(9)2/h7-9H,3-6H2,1-2H3,(H,16,17)(H2,13,14,15,18). The van der Waals surface area contributed by atoms with Gasteiger partial charge in [-0.05, 0) is 19.3 Å². The van der Waals surface area contributed by atoms with E-state index in [0.29, 0.717) is 6.61 Å². The van der Waals surface area contributed by atoms with E-state index in [1.165, 1.54) is 0 Å². The third kappa shape index (κ3) is 5.69. The van der Waals surface area contributed by atoms with E-state index >= 15 is 0 Å². The lowest BCUT2D eigenvalue weighted by molar-refractivity contribution is -0.138. The van der Waals surface area contributed by atoms with E-state index in [-0.39, 0.29) is 30.9 Å². The number of carbonyl (C=O) groups excluding carboxylic acids is 2. The summed E-state index contributed by atoms with van der Waals surface area (Å²) in [4.78, 5) is 33.5. The van der Waals surface area contributed by atoms with Crippen molar-refractivity contribution in [3.8, 4) is 0 Å². The fourth-order valence-corrected chi connectivity index (χ4v) is 1.99. The molecule has 7 nitrogen and oxygen atoms in total. The molecule has 3 amide bonds. The third-order valence-electron chi connectivity index (χ3n) is 3.00. The number of hydrogen-bond donors (Lipinski definition) is 3. The maximum absolute atomic E-state index is 11.5. The van der Waals surface area contributed by atoms with Gasteiger partial charge in [0.1, 0.15) is 0 Å². The number of aliphatic carboxylic acids is 1. The molecule has 1 aliphatic heterocycles. The third-order valence-corrected chi connectivity index (χ3v) is 3.00. The minimum absolute atomic E-state index is 0.0104. The first-order valence-corrected chi connectivity index (χ1v) is 6.32. The normalized spacial score (nSPS) is 23.7. The zero-order valence-corrected chi connectivity index (χ0v) is 11.1. The molecule has 1 heterocycles. The van der Waals surface area contributed by atoms with E-state index in [0.717, 1.165) is 6.42 Å². The van der Waals surface area contributed by atoms with Gasteiger partial charge in [0.25, 0.3) is 0 Å². The number of carboxylic acids is 1. The van der Waals surface area contributed by atoms with Crippen molar-refractivity contribution in [2.45, 2.75) is 45.3 Å². The molecule has 0 saturated carbocycles. The van der Waals surface area contributed by atoms with Crippen molar-refractivity contribution >= 4 is 17.9 Å². The highest BCUT2D eigenvalue weighted by molar-refractivity contribution is 5.94. The predicted octanol–water partition coefficient (Wildman–Crippen LogP) is 0.491. The van der Waals surface area contributed by atoms with Crippen molar-refractivity contribution in [1.29, 1.82) is 0 Å². The molecular weight excluding hydrogens is 252 g/mol. The van der Waals surface area contributed by atoms with Gasteiger partial charge in [-0.3, -0.25) is 14.9 Å². The summed E-state index contributed by atoms with van der Waals surface area (Å²) in [6, 6.07) is -0.654. The number of ether oxygens (including phenoxy) is 1. The Morgan fingerprint density at radius 1 is 1.37 bits per heavy atom. The van der Waals surface area contributed by atoms with Gasteiger partial charge in [-0.1, -0.05) is 6.92 Å². The van der Waals surface area contributed by atoms with Crippen LogP contribution in [0.5, 0.6) is 0 Å². The Hall–Kier alpha value is -1.63. The van der Waals surface area contributed by atoms with Crippen molar-refractivity contribution in [2.75, 3.05) is 6.61 Å². The summed E-state index contributed by atoms with van der Waals surface area (Å²) in [5.74, 6) is -1.74. The topological polar surface area (TPSA) is 105 Å². The van der Waals surface area contributed by atoms with E-state index in [2.05, 4.69) is 10.6 Å². The Kier molecular flexibility index (Phi) is 5.75. The van der Waals surface area contributed by atoms with Gasteiger partial charge in [-0.25, -0.2) is 4.79 Å². The molecule has 0 radical (unpaired) electrons. The fourth-order valence-electron chi connectivity index (χ4n) is 1.99. The summed E-state index contributed by atoms with van der Waals surface area (Å²) in [5, 5.41) is 13.4. The number of hydrogen-bond acceptors (Lipinski definition) is 4. The minimum atomic E-state index is -0.957.